The van der Waals surface area contributed by atoms with Gasteiger partial charge in [-0.15, -0.1) is 0 Å². The minimum atomic E-state index is -0.586. The van der Waals surface area contributed by atoms with Crippen molar-refractivity contribution in [3.63, 3.8) is 0 Å². The molecule has 174 valence electrons. The number of hydrogen-bond donors (Lipinski definition) is 2. The number of carbonyl (C=O) groups is 3. The first-order valence-corrected chi connectivity index (χ1v) is 10.8. The molecule has 0 saturated carbocycles. The van der Waals surface area contributed by atoms with Gasteiger partial charge in [-0.25, -0.2) is 9.18 Å². The Balaban J connectivity index is 1.53. The van der Waals surface area contributed by atoms with Crippen molar-refractivity contribution < 1.29 is 27.9 Å². The van der Waals surface area contributed by atoms with E-state index in [-0.39, 0.29) is 43.1 Å². The molecule has 1 fully saturated rings. The molecule has 1 aromatic carbocycles. The van der Waals surface area contributed by atoms with Crippen molar-refractivity contribution in [2.75, 3.05) is 26.2 Å². The molecule has 2 aromatic rings. The number of amides is 3. The summed E-state index contributed by atoms with van der Waals surface area (Å²) in [5.41, 5.74) is 0.456. The smallest absolute Gasteiger partial charge is 0.407 e. The van der Waals surface area contributed by atoms with Gasteiger partial charge in [-0.2, -0.15) is 0 Å². The third-order valence-electron chi connectivity index (χ3n) is 5.26. The van der Waals surface area contributed by atoms with Gasteiger partial charge in [0, 0.05) is 37.1 Å². The Morgan fingerprint density at radius 1 is 1.22 bits per heavy atom. The zero-order valence-electron chi connectivity index (χ0n) is 18.9. The van der Waals surface area contributed by atoms with Crippen molar-refractivity contribution in [1.82, 2.24) is 15.5 Å². The highest BCUT2D eigenvalue weighted by atomic mass is 19.1. The number of nitrogens with zero attached hydrogens (tertiary/aromatic N) is 1. The molecule has 9 heteroatoms. The fourth-order valence-corrected chi connectivity index (χ4v) is 3.73. The number of fused-ring (bicyclic) bond motifs is 1. The van der Waals surface area contributed by atoms with Gasteiger partial charge in [-0.05, 0) is 58.7 Å². The first-order valence-electron chi connectivity index (χ1n) is 10.8. The maximum Gasteiger partial charge on any atom is 0.407 e. The van der Waals surface area contributed by atoms with Crippen LogP contribution in [0.15, 0.2) is 22.6 Å². The van der Waals surface area contributed by atoms with E-state index in [1.54, 1.807) is 32.6 Å². The lowest BCUT2D eigenvalue weighted by Gasteiger charge is -2.31. The molecule has 3 rings (SSSR count). The summed E-state index contributed by atoms with van der Waals surface area (Å²) in [6, 6.07) is 4.15. The Morgan fingerprint density at radius 2 is 1.94 bits per heavy atom. The van der Waals surface area contributed by atoms with Crippen LogP contribution in [0.4, 0.5) is 9.18 Å². The molecular formula is C23H30FN3O5. The van der Waals surface area contributed by atoms with Crippen LogP contribution in [0.1, 0.15) is 49.7 Å². The second-order valence-corrected chi connectivity index (χ2v) is 9.01. The van der Waals surface area contributed by atoms with Crippen LogP contribution in [-0.2, 0) is 9.53 Å². The van der Waals surface area contributed by atoms with Gasteiger partial charge >= 0.3 is 6.09 Å². The second kappa shape index (κ2) is 9.58. The number of aryl methyl sites for hydroxylation is 1. The number of halogens is 1. The Labute approximate surface area is 186 Å². The molecule has 0 unspecified atom stereocenters. The maximum absolute atomic E-state index is 13.6. The average molecular weight is 448 g/mol. The van der Waals surface area contributed by atoms with Gasteiger partial charge in [0.2, 0.25) is 5.91 Å². The molecule has 32 heavy (non-hydrogen) atoms. The second-order valence-electron chi connectivity index (χ2n) is 9.01. The highest BCUT2D eigenvalue weighted by molar-refractivity contribution is 5.99. The van der Waals surface area contributed by atoms with E-state index in [0.29, 0.717) is 35.9 Å². The van der Waals surface area contributed by atoms with E-state index in [1.807, 2.05) is 0 Å². The minimum Gasteiger partial charge on any atom is -0.451 e. The number of likely N-dealkylation sites (tertiary alicyclic amines) is 1. The molecule has 1 atom stereocenters. The molecule has 8 nitrogen and oxygen atoms in total. The fourth-order valence-electron chi connectivity index (χ4n) is 3.73. The third kappa shape index (κ3) is 5.77. The van der Waals surface area contributed by atoms with Crippen molar-refractivity contribution in [2.24, 2.45) is 5.92 Å². The van der Waals surface area contributed by atoms with Crippen molar-refractivity contribution in [3.8, 4) is 0 Å². The highest BCUT2D eigenvalue weighted by Crippen LogP contribution is 2.28. The summed E-state index contributed by atoms with van der Waals surface area (Å²) in [7, 11) is 0. The molecule has 0 bridgehead atoms. The lowest BCUT2D eigenvalue weighted by molar-refractivity contribution is -0.126. The monoisotopic (exact) mass is 447 g/mol. The van der Waals surface area contributed by atoms with E-state index in [1.165, 1.54) is 18.2 Å². The first kappa shape index (κ1) is 23.6. The lowest BCUT2D eigenvalue weighted by Crippen LogP contribution is -2.46. The van der Waals surface area contributed by atoms with Crippen LogP contribution in [0.2, 0.25) is 0 Å². The van der Waals surface area contributed by atoms with Gasteiger partial charge in [0.25, 0.3) is 5.91 Å². The Kier molecular flexibility index (Phi) is 7.06. The van der Waals surface area contributed by atoms with Crippen molar-refractivity contribution in [1.29, 1.82) is 0 Å². The van der Waals surface area contributed by atoms with E-state index < -0.39 is 17.5 Å². The third-order valence-corrected chi connectivity index (χ3v) is 5.26. The van der Waals surface area contributed by atoms with Crippen LogP contribution in [0.25, 0.3) is 11.0 Å². The highest BCUT2D eigenvalue weighted by Gasteiger charge is 2.31. The van der Waals surface area contributed by atoms with Crippen LogP contribution in [0.3, 0.4) is 0 Å². The molecule has 2 N–H and O–H groups in total. The number of piperidine rings is 1. The summed E-state index contributed by atoms with van der Waals surface area (Å²) in [5, 5.41) is 5.95. The van der Waals surface area contributed by atoms with E-state index in [4.69, 9.17) is 9.15 Å². The summed E-state index contributed by atoms with van der Waals surface area (Å²) in [6.45, 7) is 8.34. The number of hydrogen-bond acceptors (Lipinski definition) is 5. The maximum atomic E-state index is 13.6. The van der Waals surface area contributed by atoms with Crippen molar-refractivity contribution >= 4 is 28.9 Å². The SMILES string of the molecule is Cc1c(C(=O)N2CCC[C@H](C(=O)NCCNC(=O)OC(C)(C)C)C2)oc2ccc(F)cc12. The normalized spacial score (nSPS) is 16.7. The molecular weight excluding hydrogens is 417 g/mol. The summed E-state index contributed by atoms with van der Waals surface area (Å²) in [6.07, 6.45) is 0.815. The summed E-state index contributed by atoms with van der Waals surface area (Å²) < 4.78 is 24.4. The Morgan fingerprint density at radius 3 is 2.66 bits per heavy atom. The summed E-state index contributed by atoms with van der Waals surface area (Å²) >= 11 is 0. The van der Waals surface area contributed by atoms with Gasteiger partial charge in [-0.1, -0.05) is 0 Å². The largest absolute Gasteiger partial charge is 0.451 e. The van der Waals surface area contributed by atoms with Gasteiger partial charge in [-0.3, -0.25) is 9.59 Å². The van der Waals surface area contributed by atoms with E-state index in [9.17, 15) is 18.8 Å². The van der Waals surface area contributed by atoms with Crippen LogP contribution in [0, 0.1) is 18.7 Å². The molecule has 1 aromatic heterocycles. The van der Waals surface area contributed by atoms with Crippen LogP contribution in [0.5, 0.6) is 0 Å². The fraction of sp³-hybridized carbons (Fsp3) is 0.522. The summed E-state index contributed by atoms with van der Waals surface area (Å²) in [5.74, 6) is -1.04. The van der Waals surface area contributed by atoms with Gasteiger partial charge in [0.1, 0.15) is 17.0 Å². The number of ether oxygens (including phenoxy) is 1. The zero-order chi connectivity index (χ0) is 23.5. The summed E-state index contributed by atoms with van der Waals surface area (Å²) in [4.78, 5) is 38.9. The van der Waals surface area contributed by atoms with E-state index in [2.05, 4.69) is 10.6 Å². The molecule has 3 amide bonds. The zero-order valence-corrected chi connectivity index (χ0v) is 18.9. The van der Waals surface area contributed by atoms with Crippen molar-refractivity contribution in [2.45, 2.75) is 46.1 Å². The predicted octanol–water partition coefficient (Wildman–Crippen LogP) is 3.37. The first-order chi connectivity index (χ1) is 15.0. The Bertz CT molecular complexity index is 1010. The van der Waals surface area contributed by atoms with Crippen LogP contribution >= 0.6 is 0 Å². The molecule has 2 heterocycles. The Hall–Kier alpha value is -3.10. The van der Waals surface area contributed by atoms with Gasteiger partial charge in [0.15, 0.2) is 5.76 Å². The average Bonchev–Trinajstić information content (AvgIpc) is 3.05. The molecule has 0 aliphatic carbocycles. The van der Waals surface area contributed by atoms with Crippen LogP contribution < -0.4 is 10.6 Å². The molecule has 1 aliphatic rings. The number of nitrogens with one attached hydrogen (secondary N) is 2. The standard InChI is InChI=1S/C23H30FN3O5/c1-14-17-12-16(24)7-8-18(17)31-19(14)21(29)27-11-5-6-15(13-27)20(28)25-9-10-26-22(30)32-23(2,3)4/h7-8,12,15H,5-6,9-11,13H2,1-4H3,(H,25,28)(H,26,30)/t15-/m0/s1. The minimum absolute atomic E-state index is 0.170. The number of rotatable bonds is 5. The molecule has 0 radical (unpaired) electrons. The molecule has 1 aliphatic heterocycles. The van der Waals surface area contributed by atoms with E-state index >= 15 is 0 Å². The van der Waals surface area contributed by atoms with E-state index in [0.717, 1.165) is 0 Å². The quantitative estimate of drug-likeness (QED) is 0.685. The number of alkyl carbamates (subject to hydrolysis) is 1. The van der Waals surface area contributed by atoms with Gasteiger partial charge < -0.3 is 24.7 Å². The lowest BCUT2D eigenvalue weighted by atomic mass is 9.96. The molecule has 1 saturated heterocycles. The van der Waals surface area contributed by atoms with Crippen molar-refractivity contribution in [3.05, 3.63) is 35.3 Å². The van der Waals surface area contributed by atoms with Gasteiger partial charge in [0.05, 0.1) is 5.92 Å². The number of furan rings is 1. The topological polar surface area (TPSA) is 101 Å². The predicted molar refractivity (Wildman–Crippen MR) is 117 cm³/mol. The number of benzene rings is 1. The molecule has 0 spiro atoms. The van der Waals surface area contributed by atoms with Crippen LogP contribution in [-0.4, -0.2) is 54.6 Å². The number of carbonyl (C=O) groups excluding carboxylic acids is 3.